The molecule has 4 heteroatoms. The van der Waals surface area contributed by atoms with Crippen molar-refractivity contribution in [2.45, 2.75) is 32.7 Å². The van der Waals surface area contributed by atoms with Crippen LogP contribution in [0, 0.1) is 11.8 Å². The molecule has 1 heterocycles. The molecule has 1 unspecified atom stereocenters. The van der Waals surface area contributed by atoms with Gasteiger partial charge in [-0.15, -0.1) is 0 Å². The van der Waals surface area contributed by atoms with E-state index in [0.29, 0.717) is 24.8 Å². The molecule has 0 aromatic heterocycles. The first-order chi connectivity index (χ1) is 10.2. The highest BCUT2D eigenvalue weighted by atomic mass is 16.5. The molecule has 2 N–H and O–H groups in total. The van der Waals surface area contributed by atoms with Crippen LogP contribution >= 0.6 is 0 Å². The van der Waals surface area contributed by atoms with Gasteiger partial charge in [0.15, 0.2) is 0 Å². The van der Waals surface area contributed by atoms with Crippen molar-refractivity contribution in [3.05, 3.63) is 29.8 Å². The molecule has 1 aliphatic rings. The molecule has 0 saturated carbocycles. The Morgan fingerprint density at radius 3 is 2.62 bits per heavy atom. The molecule has 1 atom stereocenters. The van der Waals surface area contributed by atoms with Crippen LogP contribution in [0.25, 0.3) is 0 Å². The van der Waals surface area contributed by atoms with Crippen molar-refractivity contribution in [2.24, 2.45) is 11.8 Å². The number of carbonyl (C=O) groups is 1. The first kappa shape index (κ1) is 15.8. The molecule has 0 radical (unpaired) electrons. The summed E-state index contributed by atoms with van der Waals surface area (Å²) in [5, 5.41) is 6.38. The third-order valence-electron chi connectivity index (χ3n) is 4.34. The summed E-state index contributed by atoms with van der Waals surface area (Å²) in [4.78, 5) is 12.0. The van der Waals surface area contributed by atoms with Gasteiger partial charge in [0.25, 0.3) is 0 Å². The number of nitrogens with one attached hydrogen (secondary N) is 2. The second-order valence-electron chi connectivity index (χ2n) is 5.89. The fourth-order valence-electron chi connectivity index (χ4n) is 2.89. The van der Waals surface area contributed by atoms with E-state index in [1.165, 1.54) is 12.8 Å². The minimum atomic E-state index is 0.150. The fraction of sp³-hybridized carbons (Fsp3) is 0.588. The molecule has 116 valence electrons. The molecule has 0 bridgehead atoms. The zero-order chi connectivity index (χ0) is 15.1. The van der Waals surface area contributed by atoms with E-state index in [1.807, 2.05) is 24.3 Å². The number of carbonyl (C=O) groups excluding carboxylic acids is 1. The highest BCUT2D eigenvalue weighted by Gasteiger charge is 2.21. The van der Waals surface area contributed by atoms with Gasteiger partial charge in [0.05, 0.1) is 7.11 Å². The fourth-order valence-corrected chi connectivity index (χ4v) is 2.89. The standard InChI is InChI=1S/C17H26N2O2/c1-13(15-7-9-18-10-8-15)11-17(20)19-12-14-3-5-16(21-2)6-4-14/h3-6,13,15,18H,7-12H2,1-2H3,(H,19,20). The summed E-state index contributed by atoms with van der Waals surface area (Å²) in [5.74, 6) is 2.13. The van der Waals surface area contributed by atoms with Crippen LogP contribution in [0.3, 0.4) is 0 Å². The third kappa shape index (κ3) is 5.05. The Labute approximate surface area is 127 Å². The highest BCUT2D eigenvalue weighted by Crippen LogP contribution is 2.24. The van der Waals surface area contributed by atoms with E-state index in [0.717, 1.165) is 24.4 Å². The third-order valence-corrected chi connectivity index (χ3v) is 4.34. The summed E-state index contributed by atoms with van der Waals surface area (Å²) in [6.45, 7) is 4.95. The summed E-state index contributed by atoms with van der Waals surface area (Å²) in [5.41, 5.74) is 1.10. The van der Waals surface area contributed by atoms with Crippen molar-refractivity contribution in [1.82, 2.24) is 10.6 Å². The summed E-state index contributed by atoms with van der Waals surface area (Å²) < 4.78 is 5.12. The van der Waals surface area contributed by atoms with E-state index >= 15 is 0 Å². The Morgan fingerprint density at radius 2 is 2.00 bits per heavy atom. The van der Waals surface area contributed by atoms with E-state index in [4.69, 9.17) is 4.74 Å². The number of ether oxygens (including phenoxy) is 1. The maximum Gasteiger partial charge on any atom is 0.220 e. The summed E-state index contributed by atoms with van der Waals surface area (Å²) in [6.07, 6.45) is 3.00. The largest absolute Gasteiger partial charge is 0.497 e. The predicted molar refractivity (Wildman–Crippen MR) is 84.2 cm³/mol. The van der Waals surface area contributed by atoms with Gasteiger partial charge in [0, 0.05) is 13.0 Å². The maximum absolute atomic E-state index is 12.0. The van der Waals surface area contributed by atoms with Crippen molar-refractivity contribution in [1.29, 1.82) is 0 Å². The van der Waals surface area contributed by atoms with E-state index < -0.39 is 0 Å². The first-order valence-electron chi connectivity index (χ1n) is 7.79. The first-order valence-corrected chi connectivity index (χ1v) is 7.79. The van der Waals surface area contributed by atoms with Gasteiger partial charge < -0.3 is 15.4 Å². The Hall–Kier alpha value is -1.55. The van der Waals surface area contributed by atoms with Crippen molar-refractivity contribution in [3.8, 4) is 5.75 Å². The predicted octanol–water partition coefficient (Wildman–Crippen LogP) is 2.34. The molecule has 1 amide bonds. The molecule has 21 heavy (non-hydrogen) atoms. The lowest BCUT2D eigenvalue weighted by molar-refractivity contribution is -0.122. The van der Waals surface area contributed by atoms with Crippen LogP contribution in [0.5, 0.6) is 5.75 Å². The molecule has 1 fully saturated rings. The average molecular weight is 290 g/mol. The van der Waals surface area contributed by atoms with Crippen molar-refractivity contribution < 1.29 is 9.53 Å². The van der Waals surface area contributed by atoms with Gasteiger partial charge in [-0.3, -0.25) is 4.79 Å². The Morgan fingerprint density at radius 1 is 1.33 bits per heavy atom. The van der Waals surface area contributed by atoms with Crippen LogP contribution in [0.15, 0.2) is 24.3 Å². The number of rotatable bonds is 6. The summed E-state index contributed by atoms with van der Waals surface area (Å²) >= 11 is 0. The monoisotopic (exact) mass is 290 g/mol. The molecular weight excluding hydrogens is 264 g/mol. The number of benzene rings is 1. The normalized spacial score (nSPS) is 17.2. The maximum atomic E-state index is 12.0. The van der Waals surface area contributed by atoms with Gasteiger partial charge in [0.1, 0.15) is 5.75 Å². The smallest absolute Gasteiger partial charge is 0.220 e. The zero-order valence-corrected chi connectivity index (χ0v) is 13.0. The van der Waals surface area contributed by atoms with Crippen LogP contribution in [0.2, 0.25) is 0 Å². The Kier molecular flexibility index (Phi) is 6.05. The zero-order valence-electron chi connectivity index (χ0n) is 13.0. The van der Waals surface area contributed by atoms with Crippen LogP contribution in [0.4, 0.5) is 0 Å². The summed E-state index contributed by atoms with van der Waals surface area (Å²) in [7, 11) is 1.65. The molecule has 0 aliphatic carbocycles. The minimum absolute atomic E-state index is 0.150. The second-order valence-corrected chi connectivity index (χ2v) is 5.89. The van der Waals surface area contributed by atoms with Gasteiger partial charge in [0.2, 0.25) is 5.91 Å². The number of piperidine rings is 1. The van der Waals surface area contributed by atoms with E-state index in [-0.39, 0.29) is 5.91 Å². The van der Waals surface area contributed by atoms with Crippen molar-refractivity contribution >= 4 is 5.91 Å². The van der Waals surface area contributed by atoms with Crippen molar-refractivity contribution in [3.63, 3.8) is 0 Å². The molecule has 1 aliphatic heterocycles. The number of hydrogen-bond acceptors (Lipinski definition) is 3. The van der Waals surface area contributed by atoms with Crippen LogP contribution in [-0.4, -0.2) is 26.1 Å². The van der Waals surface area contributed by atoms with Gasteiger partial charge in [-0.2, -0.15) is 0 Å². The molecule has 4 nitrogen and oxygen atoms in total. The number of hydrogen-bond donors (Lipinski definition) is 2. The molecule has 0 spiro atoms. The summed E-state index contributed by atoms with van der Waals surface area (Å²) in [6, 6.07) is 7.79. The van der Waals surface area contributed by atoms with Crippen LogP contribution < -0.4 is 15.4 Å². The molecule has 1 aromatic rings. The van der Waals surface area contributed by atoms with Crippen LogP contribution in [-0.2, 0) is 11.3 Å². The second kappa shape index (κ2) is 8.03. The lowest BCUT2D eigenvalue weighted by Gasteiger charge is -2.27. The van der Waals surface area contributed by atoms with Gasteiger partial charge in [-0.1, -0.05) is 19.1 Å². The average Bonchev–Trinajstić information content (AvgIpc) is 2.54. The quantitative estimate of drug-likeness (QED) is 0.845. The lowest BCUT2D eigenvalue weighted by Crippen LogP contribution is -2.33. The Balaban J connectivity index is 1.73. The molecule has 1 aromatic carbocycles. The minimum Gasteiger partial charge on any atom is -0.497 e. The van der Waals surface area contributed by atoms with Crippen molar-refractivity contribution in [2.75, 3.05) is 20.2 Å². The molecule has 2 rings (SSSR count). The number of amides is 1. The van der Waals surface area contributed by atoms with Gasteiger partial charge in [-0.25, -0.2) is 0 Å². The van der Waals surface area contributed by atoms with E-state index in [1.54, 1.807) is 7.11 Å². The topological polar surface area (TPSA) is 50.4 Å². The molecule has 1 saturated heterocycles. The highest BCUT2D eigenvalue weighted by molar-refractivity contribution is 5.76. The van der Waals surface area contributed by atoms with E-state index in [2.05, 4.69) is 17.6 Å². The molecular formula is C17H26N2O2. The van der Waals surface area contributed by atoms with Crippen LogP contribution in [0.1, 0.15) is 31.7 Å². The Bertz CT molecular complexity index is 439. The SMILES string of the molecule is COc1ccc(CNC(=O)CC(C)C2CCNCC2)cc1. The van der Waals surface area contributed by atoms with Gasteiger partial charge >= 0.3 is 0 Å². The van der Waals surface area contributed by atoms with Gasteiger partial charge in [-0.05, 0) is 55.5 Å². The van der Waals surface area contributed by atoms with E-state index in [9.17, 15) is 4.79 Å². The number of methoxy groups -OCH3 is 1. The lowest BCUT2D eigenvalue weighted by atomic mass is 9.84.